The maximum absolute atomic E-state index is 13.5. The van der Waals surface area contributed by atoms with Crippen molar-refractivity contribution >= 4 is 35.4 Å². The van der Waals surface area contributed by atoms with E-state index in [1.54, 1.807) is 20.8 Å². The van der Waals surface area contributed by atoms with E-state index in [4.69, 9.17) is 4.74 Å². The molecule has 232 valence electrons. The van der Waals surface area contributed by atoms with Crippen molar-refractivity contribution in [3.05, 3.63) is 35.4 Å². The normalized spacial score (nSPS) is 16.5. The van der Waals surface area contributed by atoms with Gasteiger partial charge in [0.1, 0.15) is 18.6 Å². The molecule has 0 aromatic heterocycles. The number of alkyl halides is 3. The molecule has 1 aromatic rings. The van der Waals surface area contributed by atoms with Gasteiger partial charge < -0.3 is 25.6 Å². The van der Waals surface area contributed by atoms with Crippen molar-refractivity contribution < 1.29 is 46.7 Å². The van der Waals surface area contributed by atoms with Crippen LogP contribution in [0.25, 0.3) is 0 Å². The fourth-order valence-electron chi connectivity index (χ4n) is 4.42. The first kappa shape index (κ1) is 34.2. The van der Waals surface area contributed by atoms with Gasteiger partial charge >= 0.3 is 12.1 Å². The zero-order valence-corrected chi connectivity index (χ0v) is 24.2. The summed E-state index contributed by atoms with van der Waals surface area (Å²) in [6.07, 6.45) is -4.55. The Balaban J connectivity index is 2.11. The summed E-state index contributed by atoms with van der Waals surface area (Å²) in [5, 5.41) is 7.21. The predicted octanol–water partition coefficient (Wildman–Crippen LogP) is 2.00. The summed E-state index contributed by atoms with van der Waals surface area (Å²) >= 11 is 0. The van der Waals surface area contributed by atoms with Crippen molar-refractivity contribution in [1.82, 2.24) is 20.9 Å². The maximum Gasteiger partial charge on any atom is 0.452 e. The number of halogens is 3. The molecule has 0 spiro atoms. The zero-order valence-electron chi connectivity index (χ0n) is 24.2. The number of esters is 1. The van der Waals surface area contributed by atoms with Crippen molar-refractivity contribution in [3.63, 3.8) is 0 Å². The van der Waals surface area contributed by atoms with Gasteiger partial charge in [-0.1, -0.05) is 27.7 Å². The molecule has 11 nitrogen and oxygen atoms in total. The molecule has 2 rings (SSSR count). The van der Waals surface area contributed by atoms with Gasteiger partial charge in [0.15, 0.2) is 0 Å². The van der Waals surface area contributed by atoms with Gasteiger partial charge in [-0.3, -0.25) is 28.8 Å². The molecule has 1 heterocycles. The highest BCUT2D eigenvalue weighted by molar-refractivity contribution is 6.01. The molecule has 3 atom stereocenters. The number of amides is 4. The maximum atomic E-state index is 13.5. The molecular formula is C28H37F3N4O7. The van der Waals surface area contributed by atoms with E-state index < -0.39 is 71.5 Å². The van der Waals surface area contributed by atoms with Crippen LogP contribution < -0.4 is 16.0 Å². The topological polar surface area (TPSA) is 151 Å². The lowest BCUT2D eigenvalue weighted by Gasteiger charge is -2.32. The first-order chi connectivity index (χ1) is 19.6. The minimum atomic E-state index is -5.13. The highest BCUT2D eigenvalue weighted by Gasteiger charge is 2.46. The van der Waals surface area contributed by atoms with Gasteiger partial charge in [0.25, 0.3) is 17.6 Å². The molecule has 1 aliphatic rings. The lowest BCUT2D eigenvalue weighted by atomic mass is 9.98. The minimum Gasteiger partial charge on any atom is -0.465 e. The van der Waals surface area contributed by atoms with E-state index in [1.165, 1.54) is 43.0 Å². The molecule has 4 amide bonds. The molecule has 0 saturated carbocycles. The third-order valence-corrected chi connectivity index (χ3v) is 6.69. The summed E-state index contributed by atoms with van der Waals surface area (Å²) in [7, 11) is 0. The molecule has 14 heteroatoms. The van der Waals surface area contributed by atoms with E-state index in [0.717, 1.165) is 0 Å². The fraction of sp³-hybridized carbons (Fsp3) is 0.571. The summed E-state index contributed by atoms with van der Waals surface area (Å²) in [5.74, 6) is -6.58. The number of carbonyl (C=O) groups is 6. The smallest absolute Gasteiger partial charge is 0.452 e. The van der Waals surface area contributed by atoms with E-state index in [9.17, 15) is 41.9 Å². The van der Waals surface area contributed by atoms with Crippen LogP contribution in [0.1, 0.15) is 68.2 Å². The Hall–Kier alpha value is -3.97. The average molecular weight is 599 g/mol. The van der Waals surface area contributed by atoms with Gasteiger partial charge in [-0.15, -0.1) is 0 Å². The van der Waals surface area contributed by atoms with Crippen LogP contribution in [-0.2, 0) is 23.9 Å². The molecule has 0 bridgehead atoms. The van der Waals surface area contributed by atoms with Crippen LogP contribution in [0.3, 0.4) is 0 Å². The number of nitrogens with zero attached hydrogens (tertiary/aromatic N) is 1. The van der Waals surface area contributed by atoms with Crippen LogP contribution in [0.15, 0.2) is 24.3 Å². The molecule has 1 fully saturated rings. The van der Waals surface area contributed by atoms with Crippen LogP contribution in [0, 0.1) is 11.8 Å². The third-order valence-electron chi connectivity index (χ3n) is 6.69. The summed E-state index contributed by atoms with van der Waals surface area (Å²) in [6.45, 7) is 7.74. The Morgan fingerprint density at radius 3 is 1.95 bits per heavy atom. The second kappa shape index (κ2) is 14.8. The van der Waals surface area contributed by atoms with Gasteiger partial charge in [-0.2, -0.15) is 13.2 Å². The number of Topliss-reactive ketones (excluding diaryl/α,β-unsaturated/α-hetero) is 1. The molecule has 42 heavy (non-hydrogen) atoms. The van der Waals surface area contributed by atoms with Crippen LogP contribution in [-0.4, -0.2) is 84.3 Å². The monoisotopic (exact) mass is 598 g/mol. The lowest BCUT2D eigenvalue weighted by molar-refractivity contribution is -0.175. The molecule has 1 aromatic carbocycles. The zero-order chi connectivity index (χ0) is 31.8. The lowest BCUT2D eigenvalue weighted by Crippen LogP contribution is -2.58. The van der Waals surface area contributed by atoms with E-state index in [1.807, 2.05) is 0 Å². The summed E-state index contributed by atoms with van der Waals surface area (Å²) in [4.78, 5) is 76.2. The second-order valence-electron chi connectivity index (χ2n) is 10.5. The van der Waals surface area contributed by atoms with E-state index in [-0.39, 0.29) is 37.2 Å². The highest BCUT2D eigenvalue weighted by Crippen LogP contribution is 2.24. The van der Waals surface area contributed by atoms with Gasteiger partial charge in [0, 0.05) is 17.7 Å². The molecule has 1 saturated heterocycles. The standard InChI is InChI=1S/C28H37F3N4O7/c1-6-42-20(36)14-32-24(38)17-9-11-18(12-10-17)25(39)34-22(16(4)5)27(41)35-13-7-8-19(35)26(40)33-21(15(2)3)23(37)28(29,30)31/h9-12,15-16,19,21-22H,6-8,13-14H2,1-5H3,(H,32,38)(H,33,40)(H,34,39)/t19-,21?,22-/m0/s1. The third kappa shape index (κ3) is 9.02. The molecule has 0 radical (unpaired) electrons. The van der Waals surface area contributed by atoms with Gasteiger partial charge in [0.2, 0.25) is 11.8 Å². The number of carbonyl (C=O) groups excluding carboxylic acids is 6. The average Bonchev–Trinajstić information content (AvgIpc) is 3.42. The highest BCUT2D eigenvalue weighted by atomic mass is 19.4. The van der Waals surface area contributed by atoms with E-state index >= 15 is 0 Å². The molecular weight excluding hydrogens is 561 g/mol. The van der Waals surface area contributed by atoms with Crippen molar-refractivity contribution in [2.24, 2.45) is 11.8 Å². The quantitative estimate of drug-likeness (QED) is 0.312. The Labute approximate surface area is 241 Å². The van der Waals surface area contributed by atoms with Gasteiger partial charge in [-0.25, -0.2) is 0 Å². The number of nitrogens with one attached hydrogen (secondary N) is 3. The van der Waals surface area contributed by atoms with Crippen molar-refractivity contribution in [2.75, 3.05) is 19.7 Å². The Kier molecular flexibility index (Phi) is 12.0. The SMILES string of the molecule is CCOC(=O)CNC(=O)c1ccc(C(=O)N[C@H](C(=O)N2CCC[C@H]2C(=O)NC(C(=O)C(F)(F)F)C(C)C)C(C)C)cc1. The number of rotatable bonds is 12. The van der Waals surface area contributed by atoms with Crippen LogP contribution in [0.4, 0.5) is 13.2 Å². The Morgan fingerprint density at radius 1 is 0.905 bits per heavy atom. The number of hydrogen-bond donors (Lipinski definition) is 3. The van der Waals surface area contributed by atoms with Crippen molar-refractivity contribution in [3.8, 4) is 0 Å². The van der Waals surface area contributed by atoms with Crippen molar-refractivity contribution in [2.45, 2.75) is 71.8 Å². The van der Waals surface area contributed by atoms with Crippen LogP contribution in [0.2, 0.25) is 0 Å². The van der Waals surface area contributed by atoms with Gasteiger partial charge in [0.05, 0.1) is 12.6 Å². The molecule has 1 aliphatic heterocycles. The number of benzene rings is 1. The van der Waals surface area contributed by atoms with Crippen molar-refractivity contribution in [1.29, 1.82) is 0 Å². The molecule has 3 N–H and O–H groups in total. The first-order valence-electron chi connectivity index (χ1n) is 13.6. The molecule has 1 unspecified atom stereocenters. The molecule has 0 aliphatic carbocycles. The largest absolute Gasteiger partial charge is 0.465 e. The van der Waals surface area contributed by atoms with Crippen LogP contribution >= 0.6 is 0 Å². The Bertz CT molecular complexity index is 1170. The number of likely N-dealkylation sites (tertiary alicyclic amines) is 1. The van der Waals surface area contributed by atoms with Crippen LogP contribution in [0.5, 0.6) is 0 Å². The second-order valence-corrected chi connectivity index (χ2v) is 10.5. The number of hydrogen-bond acceptors (Lipinski definition) is 7. The van der Waals surface area contributed by atoms with E-state index in [2.05, 4.69) is 16.0 Å². The number of ketones is 1. The summed E-state index contributed by atoms with van der Waals surface area (Å²) in [6, 6.07) is 1.50. The number of ether oxygens (including phenoxy) is 1. The predicted molar refractivity (Wildman–Crippen MR) is 144 cm³/mol. The Morgan fingerprint density at radius 2 is 1.45 bits per heavy atom. The van der Waals surface area contributed by atoms with Gasteiger partial charge in [-0.05, 0) is 55.9 Å². The summed E-state index contributed by atoms with van der Waals surface area (Å²) in [5.41, 5.74) is 0.318. The summed E-state index contributed by atoms with van der Waals surface area (Å²) < 4.78 is 43.9. The minimum absolute atomic E-state index is 0.136. The first-order valence-corrected chi connectivity index (χ1v) is 13.6. The van der Waals surface area contributed by atoms with E-state index in [0.29, 0.717) is 6.42 Å². The fourth-order valence-corrected chi connectivity index (χ4v) is 4.42.